The van der Waals surface area contributed by atoms with Gasteiger partial charge in [0.2, 0.25) is 0 Å². The number of hydrogen-bond donors (Lipinski definition) is 1. The molecule has 0 radical (unpaired) electrons. The molecule has 1 N–H and O–H groups in total. The molecule has 0 amide bonds. The lowest BCUT2D eigenvalue weighted by molar-refractivity contribution is 0.319. The van der Waals surface area contributed by atoms with Crippen molar-refractivity contribution < 1.29 is 4.74 Å². The number of halogens is 1. The van der Waals surface area contributed by atoms with E-state index in [1.165, 1.54) is 5.56 Å². The van der Waals surface area contributed by atoms with E-state index >= 15 is 0 Å². The fraction of sp³-hybridized carbons (Fsp3) is 0.571. The highest BCUT2D eigenvalue weighted by Crippen LogP contribution is 2.25. The molecule has 2 nitrogen and oxygen atoms in total. The van der Waals surface area contributed by atoms with Crippen LogP contribution in [0.5, 0.6) is 5.75 Å². The van der Waals surface area contributed by atoms with Gasteiger partial charge >= 0.3 is 0 Å². The van der Waals surface area contributed by atoms with Gasteiger partial charge in [-0.1, -0.05) is 24.6 Å². The molecule has 1 aromatic rings. The predicted octanol–water partition coefficient (Wildman–Crippen LogP) is 3.97. The van der Waals surface area contributed by atoms with Crippen molar-refractivity contribution in [2.75, 3.05) is 25.2 Å². The fourth-order valence-corrected chi connectivity index (χ4v) is 2.23. The van der Waals surface area contributed by atoms with Crippen LogP contribution in [0, 0.1) is 0 Å². The van der Waals surface area contributed by atoms with Crippen molar-refractivity contribution in [1.29, 1.82) is 0 Å². The van der Waals surface area contributed by atoms with Crippen molar-refractivity contribution in [2.45, 2.75) is 26.3 Å². The van der Waals surface area contributed by atoms with Crippen LogP contribution in [0.4, 0.5) is 0 Å². The molecule has 0 fully saturated rings. The quantitative estimate of drug-likeness (QED) is 0.695. The Morgan fingerprint density at radius 2 is 2.22 bits per heavy atom. The molecule has 0 saturated carbocycles. The Morgan fingerprint density at radius 3 is 2.89 bits per heavy atom. The molecule has 0 saturated heterocycles. The first-order chi connectivity index (χ1) is 8.77. The third kappa shape index (κ3) is 5.98. The van der Waals surface area contributed by atoms with Crippen molar-refractivity contribution in [3.63, 3.8) is 0 Å². The summed E-state index contributed by atoms with van der Waals surface area (Å²) in [4.78, 5) is 0. The van der Waals surface area contributed by atoms with Gasteiger partial charge in [0.15, 0.2) is 0 Å². The third-order valence-corrected chi connectivity index (χ3v) is 3.49. The van der Waals surface area contributed by atoms with Crippen LogP contribution >= 0.6 is 23.4 Å². The summed E-state index contributed by atoms with van der Waals surface area (Å²) in [5.41, 5.74) is 1.20. The van der Waals surface area contributed by atoms with Gasteiger partial charge in [0, 0.05) is 6.54 Å². The second kappa shape index (κ2) is 9.54. The van der Waals surface area contributed by atoms with Gasteiger partial charge in [-0.2, -0.15) is 11.8 Å². The van der Waals surface area contributed by atoms with Gasteiger partial charge in [0.1, 0.15) is 5.75 Å². The number of ether oxygens (including phenoxy) is 1. The summed E-state index contributed by atoms with van der Waals surface area (Å²) in [5, 5.41) is 4.06. The lowest BCUT2D eigenvalue weighted by atomic mass is 10.2. The zero-order valence-electron chi connectivity index (χ0n) is 11.2. The molecule has 0 aliphatic carbocycles. The van der Waals surface area contributed by atoms with Gasteiger partial charge < -0.3 is 10.1 Å². The van der Waals surface area contributed by atoms with Crippen LogP contribution in [0.25, 0.3) is 0 Å². The Bertz CT molecular complexity index is 347. The number of thioether (sulfide) groups is 1. The van der Waals surface area contributed by atoms with E-state index in [2.05, 4.69) is 24.6 Å². The summed E-state index contributed by atoms with van der Waals surface area (Å²) >= 11 is 8.03. The highest BCUT2D eigenvalue weighted by atomic mass is 35.5. The minimum atomic E-state index is 0.704. The number of hydrogen-bond acceptors (Lipinski definition) is 3. The summed E-state index contributed by atoms with van der Waals surface area (Å²) in [6, 6.07) is 6.01. The summed E-state index contributed by atoms with van der Waals surface area (Å²) in [5.74, 6) is 1.91. The smallest absolute Gasteiger partial charge is 0.137 e. The van der Waals surface area contributed by atoms with Gasteiger partial charge in [-0.3, -0.25) is 0 Å². The first kappa shape index (κ1) is 15.7. The van der Waals surface area contributed by atoms with Gasteiger partial charge in [-0.05, 0) is 49.1 Å². The Balaban J connectivity index is 2.41. The van der Waals surface area contributed by atoms with Crippen LogP contribution in [-0.4, -0.2) is 25.2 Å². The highest BCUT2D eigenvalue weighted by Gasteiger charge is 2.03. The van der Waals surface area contributed by atoms with Crippen LogP contribution in [0.1, 0.15) is 25.3 Å². The van der Waals surface area contributed by atoms with Gasteiger partial charge in [0.25, 0.3) is 0 Å². The zero-order chi connectivity index (χ0) is 13.2. The monoisotopic (exact) mass is 287 g/mol. The van der Waals surface area contributed by atoms with E-state index in [1.54, 1.807) is 0 Å². The highest BCUT2D eigenvalue weighted by molar-refractivity contribution is 7.98. The second-order valence-electron chi connectivity index (χ2n) is 4.14. The van der Waals surface area contributed by atoms with E-state index in [9.17, 15) is 0 Å². The molecule has 102 valence electrons. The molecule has 4 heteroatoms. The Morgan fingerprint density at radius 1 is 1.39 bits per heavy atom. The molecule has 18 heavy (non-hydrogen) atoms. The summed E-state index contributed by atoms with van der Waals surface area (Å²) in [7, 11) is 0. The predicted molar refractivity (Wildman–Crippen MR) is 81.9 cm³/mol. The van der Waals surface area contributed by atoms with E-state index < -0.39 is 0 Å². The molecular formula is C14H22ClNOS. The van der Waals surface area contributed by atoms with Gasteiger partial charge in [-0.25, -0.2) is 0 Å². The lowest BCUT2D eigenvalue weighted by Gasteiger charge is -2.09. The molecule has 0 bridgehead atoms. The van der Waals surface area contributed by atoms with E-state index in [0.717, 1.165) is 44.0 Å². The average Bonchev–Trinajstić information content (AvgIpc) is 2.37. The lowest BCUT2D eigenvalue weighted by Crippen LogP contribution is -2.13. The molecule has 0 aromatic heterocycles. The first-order valence-corrected chi connectivity index (χ1v) is 8.16. The summed E-state index contributed by atoms with van der Waals surface area (Å²) < 4.78 is 5.65. The molecular weight excluding hydrogens is 266 g/mol. The Kier molecular flexibility index (Phi) is 8.31. The van der Waals surface area contributed by atoms with Crippen LogP contribution in [0.15, 0.2) is 18.2 Å². The maximum atomic E-state index is 6.20. The molecule has 0 atom stereocenters. The van der Waals surface area contributed by atoms with Crippen molar-refractivity contribution in [1.82, 2.24) is 5.32 Å². The summed E-state index contributed by atoms with van der Waals surface area (Å²) in [6.45, 7) is 4.78. The first-order valence-electron chi connectivity index (χ1n) is 6.38. The fourth-order valence-electron chi connectivity index (χ4n) is 1.57. The van der Waals surface area contributed by atoms with E-state index in [1.807, 2.05) is 23.9 Å². The van der Waals surface area contributed by atoms with E-state index in [-0.39, 0.29) is 0 Å². The number of benzene rings is 1. The maximum Gasteiger partial charge on any atom is 0.137 e. The molecule has 0 unspecified atom stereocenters. The minimum absolute atomic E-state index is 0.704. The van der Waals surface area contributed by atoms with Crippen LogP contribution in [0.3, 0.4) is 0 Å². The van der Waals surface area contributed by atoms with Crippen molar-refractivity contribution in [3.05, 3.63) is 28.8 Å². The van der Waals surface area contributed by atoms with E-state index in [0.29, 0.717) is 5.02 Å². The Hall–Kier alpha value is -0.380. The van der Waals surface area contributed by atoms with Gasteiger partial charge in [-0.15, -0.1) is 0 Å². The van der Waals surface area contributed by atoms with Crippen LogP contribution in [-0.2, 0) is 6.54 Å². The van der Waals surface area contributed by atoms with Crippen molar-refractivity contribution in [3.8, 4) is 5.75 Å². The molecule has 0 aliphatic rings. The molecule has 1 aromatic carbocycles. The SMILES string of the molecule is CCCNCc1ccc(OCCCSC)c(Cl)c1. The molecule has 0 spiro atoms. The molecule has 0 aliphatic heterocycles. The average molecular weight is 288 g/mol. The standard InChI is InChI=1S/C14H22ClNOS/c1-3-7-16-11-12-5-6-14(13(15)10-12)17-8-4-9-18-2/h5-6,10,16H,3-4,7-9,11H2,1-2H3. The molecule has 1 rings (SSSR count). The van der Waals surface area contributed by atoms with E-state index in [4.69, 9.17) is 16.3 Å². The van der Waals surface area contributed by atoms with Crippen LogP contribution in [0.2, 0.25) is 5.02 Å². The summed E-state index contributed by atoms with van der Waals surface area (Å²) in [6.07, 6.45) is 4.30. The van der Waals surface area contributed by atoms with Gasteiger partial charge in [0.05, 0.1) is 11.6 Å². The Labute approximate surface area is 119 Å². The number of nitrogens with one attached hydrogen (secondary N) is 1. The largest absolute Gasteiger partial charge is 0.492 e. The zero-order valence-corrected chi connectivity index (χ0v) is 12.7. The third-order valence-electron chi connectivity index (χ3n) is 2.50. The van der Waals surface area contributed by atoms with Crippen LogP contribution < -0.4 is 10.1 Å². The van der Waals surface area contributed by atoms with Crippen molar-refractivity contribution >= 4 is 23.4 Å². The maximum absolute atomic E-state index is 6.20. The second-order valence-corrected chi connectivity index (χ2v) is 5.53. The normalized spacial score (nSPS) is 10.6. The molecule has 0 heterocycles. The topological polar surface area (TPSA) is 21.3 Å². The number of rotatable bonds is 9. The van der Waals surface area contributed by atoms with Crippen molar-refractivity contribution in [2.24, 2.45) is 0 Å². The minimum Gasteiger partial charge on any atom is -0.492 e.